The van der Waals surface area contributed by atoms with Crippen LogP contribution in [-0.2, 0) is 11.3 Å². The second-order valence-electron chi connectivity index (χ2n) is 8.53. The summed E-state index contributed by atoms with van der Waals surface area (Å²) in [6.45, 7) is 3.10. The van der Waals surface area contributed by atoms with Gasteiger partial charge in [-0.2, -0.15) is 0 Å². The molecule has 1 N–H and O–H groups in total. The molecule has 7 nitrogen and oxygen atoms in total. The Balaban J connectivity index is 1.20. The van der Waals surface area contributed by atoms with E-state index in [1.807, 2.05) is 36.4 Å². The van der Waals surface area contributed by atoms with Gasteiger partial charge < -0.3 is 14.8 Å². The van der Waals surface area contributed by atoms with Gasteiger partial charge in [0.25, 0.3) is 5.91 Å². The molecule has 1 aliphatic rings. The lowest BCUT2D eigenvalue weighted by atomic mass is 9.97. The van der Waals surface area contributed by atoms with E-state index < -0.39 is 0 Å². The Bertz CT molecular complexity index is 1130. The molecule has 1 unspecified atom stereocenters. The van der Waals surface area contributed by atoms with Crippen molar-refractivity contribution in [3.63, 3.8) is 0 Å². The third-order valence-corrected chi connectivity index (χ3v) is 6.86. The van der Waals surface area contributed by atoms with Crippen LogP contribution in [0.3, 0.4) is 0 Å². The molecule has 184 valence electrons. The van der Waals surface area contributed by atoms with E-state index in [2.05, 4.69) is 20.2 Å². The molecule has 0 spiro atoms. The molecule has 9 heteroatoms. The van der Waals surface area contributed by atoms with Crippen molar-refractivity contribution < 1.29 is 14.3 Å². The van der Waals surface area contributed by atoms with E-state index >= 15 is 0 Å². The Morgan fingerprint density at radius 1 is 1.11 bits per heavy atom. The maximum Gasteiger partial charge on any atom is 0.316 e. The summed E-state index contributed by atoms with van der Waals surface area (Å²) in [5, 5.41) is 4.16. The van der Waals surface area contributed by atoms with E-state index in [1.54, 1.807) is 25.6 Å². The van der Waals surface area contributed by atoms with Crippen molar-refractivity contribution in [1.29, 1.82) is 0 Å². The number of hydrogen-bond donors (Lipinski definition) is 1. The topological polar surface area (TPSA) is 76.6 Å². The van der Waals surface area contributed by atoms with Crippen molar-refractivity contribution in [3.8, 4) is 22.9 Å². The predicted octanol–water partition coefficient (Wildman–Crippen LogP) is 4.87. The summed E-state index contributed by atoms with van der Waals surface area (Å²) in [7, 11) is 1.63. The normalized spacial score (nSPS) is 16.0. The number of rotatable bonds is 9. The van der Waals surface area contributed by atoms with Crippen molar-refractivity contribution >= 4 is 29.1 Å². The van der Waals surface area contributed by atoms with Gasteiger partial charge >= 0.3 is 6.01 Å². The first kappa shape index (κ1) is 25.2. The Hall–Kier alpha value is -2.87. The molecule has 1 aliphatic heterocycles. The van der Waals surface area contributed by atoms with Crippen LogP contribution in [0.2, 0.25) is 10.0 Å². The van der Waals surface area contributed by atoms with Crippen molar-refractivity contribution in [2.75, 3.05) is 33.4 Å². The minimum absolute atomic E-state index is 0.129. The molecule has 1 amide bonds. The summed E-state index contributed by atoms with van der Waals surface area (Å²) in [4.78, 5) is 23.1. The lowest BCUT2D eigenvalue weighted by Crippen LogP contribution is -2.41. The fourth-order valence-corrected chi connectivity index (χ4v) is 4.52. The van der Waals surface area contributed by atoms with Crippen LogP contribution in [0.15, 0.2) is 54.9 Å². The second-order valence-corrected chi connectivity index (χ2v) is 9.32. The zero-order valence-corrected chi connectivity index (χ0v) is 21.1. The fraction of sp³-hybridized carbons (Fsp3) is 0.346. The number of ether oxygens (including phenoxy) is 2. The third kappa shape index (κ3) is 7.07. The number of nitrogens with zero attached hydrogens (tertiary/aromatic N) is 3. The van der Waals surface area contributed by atoms with E-state index in [9.17, 15) is 4.79 Å². The minimum Gasteiger partial charge on any atom is -0.497 e. The summed E-state index contributed by atoms with van der Waals surface area (Å²) < 4.78 is 10.6. The Kier molecular flexibility index (Phi) is 8.79. The first-order valence-corrected chi connectivity index (χ1v) is 12.3. The molecule has 0 aliphatic carbocycles. The molecular weight excluding hydrogens is 487 g/mol. The first-order chi connectivity index (χ1) is 17.0. The van der Waals surface area contributed by atoms with Gasteiger partial charge in [0.15, 0.2) is 6.61 Å². The van der Waals surface area contributed by atoms with Gasteiger partial charge in [0.05, 0.1) is 17.2 Å². The highest BCUT2D eigenvalue weighted by Crippen LogP contribution is 2.28. The summed E-state index contributed by atoms with van der Waals surface area (Å²) in [6.07, 6.45) is 5.48. The molecule has 2 aromatic carbocycles. The predicted molar refractivity (Wildman–Crippen MR) is 137 cm³/mol. The molecule has 1 fully saturated rings. The molecule has 2 heterocycles. The van der Waals surface area contributed by atoms with E-state index in [-0.39, 0.29) is 18.5 Å². The fourth-order valence-electron chi connectivity index (χ4n) is 4.14. The Labute approximate surface area is 215 Å². The summed E-state index contributed by atoms with van der Waals surface area (Å²) in [5.74, 6) is 0.959. The van der Waals surface area contributed by atoms with Crippen LogP contribution in [0.1, 0.15) is 18.4 Å². The number of piperidine rings is 1. The van der Waals surface area contributed by atoms with Gasteiger partial charge in [-0.05, 0) is 54.6 Å². The van der Waals surface area contributed by atoms with Gasteiger partial charge in [0.2, 0.25) is 0 Å². The zero-order chi connectivity index (χ0) is 24.6. The van der Waals surface area contributed by atoms with Crippen LogP contribution < -0.4 is 14.8 Å². The van der Waals surface area contributed by atoms with Gasteiger partial charge in [0, 0.05) is 37.6 Å². The summed E-state index contributed by atoms with van der Waals surface area (Å²) in [6, 6.07) is 13.5. The van der Waals surface area contributed by atoms with E-state index in [1.165, 1.54) is 0 Å². The number of methoxy groups -OCH3 is 1. The number of hydrogen-bond acceptors (Lipinski definition) is 6. The summed E-state index contributed by atoms with van der Waals surface area (Å²) in [5.41, 5.74) is 2.84. The largest absolute Gasteiger partial charge is 0.497 e. The average molecular weight is 515 g/mol. The standard InChI is InChI=1S/C26H28Cl2N4O3/c1-34-22-9-7-19(8-10-22)21-13-30-26(31-14-21)35-17-24(33)29-12-18-4-3-11-32(15-18)16-20-5-2-6-23(27)25(20)28/h2,5-10,13-14,18H,3-4,11-12,15-17H2,1H3,(H,29,33). The number of likely N-dealkylation sites (tertiary alicyclic amines) is 1. The number of amides is 1. The minimum atomic E-state index is -0.192. The van der Waals surface area contributed by atoms with E-state index in [0.29, 0.717) is 22.5 Å². The van der Waals surface area contributed by atoms with Crippen molar-refractivity contribution in [2.24, 2.45) is 5.92 Å². The molecule has 35 heavy (non-hydrogen) atoms. The van der Waals surface area contributed by atoms with Crippen molar-refractivity contribution in [2.45, 2.75) is 19.4 Å². The number of aromatic nitrogens is 2. The molecule has 0 radical (unpaired) electrons. The van der Waals surface area contributed by atoms with Crippen LogP contribution in [-0.4, -0.2) is 54.1 Å². The third-order valence-electron chi connectivity index (χ3n) is 6.00. The zero-order valence-electron chi connectivity index (χ0n) is 19.5. The molecular formula is C26H28Cl2N4O3. The average Bonchev–Trinajstić information content (AvgIpc) is 2.89. The molecule has 4 rings (SSSR count). The maximum absolute atomic E-state index is 12.3. The van der Waals surface area contributed by atoms with Crippen LogP contribution in [0.4, 0.5) is 0 Å². The van der Waals surface area contributed by atoms with Gasteiger partial charge in [0.1, 0.15) is 5.75 Å². The molecule has 1 aromatic heterocycles. The SMILES string of the molecule is COc1ccc(-c2cnc(OCC(=O)NCC3CCCN(Cc4cccc(Cl)c4Cl)C3)nc2)cc1. The molecule has 3 aromatic rings. The molecule has 1 saturated heterocycles. The highest BCUT2D eigenvalue weighted by atomic mass is 35.5. The van der Waals surface area contributed by atoms with E-state index in [0.717, 1.165) is 54.9 Å². The number of carbonyl (C=O) groups excluding carboxylic acids is 1. The number of carbonyl (C=O) groups is 1. The van der Waals surface area contributed by atoms with Crippen molar-refractivity contribution in [1.82, 2.24) is 20.2 Å². The van der Waals surface area contributed by atoms with E-state index in [4.69, 9.17) is 32.7 Å². The molecule has 0 bridgehead atoms. The van der Waals surface area contributed by atoms with Crippen LogP contribution in [0.5, 0.6) is 11.8 Å². The smallest absolute Gasteiger partial charge is 0.316 e. The Morgan fingerprint density at radius 2 is 1.89 bits per heavy atom. The lowest BCUT2D eigenvalue weighted by Gasteiger charge is -2.33. The monoisotopic (exact) mass is 514 g/mol. The van der Waals surface area contributed by atoms with Crippen molar-refractivity contribution in [3.05, 3.63) is 70.5 Å². The Morgan fingerprint density at radius 3 is 2.63 bits per heavy atom. The van der Waals surface area contributed by atoms with Gasteiger partial charge in [-0.25, -0.2) is 9.97 Å². The van der Waals surface area contributed by atoms with Crippen LogP contribution in [0.25, 0.3) is 11.1 Å². The van der Waals surface area contributed by atoms with Crippen LogP contribution >= 0.6 is 23.2 Å². The highest BCUT2D eigenvalue weighted by molar-refractivity contribution is 6.42. The van der Waals surface area contributed by atoms with Gasteiger partial charge in [-0.1, -0.05) is 47.5 Å². The maximum atomic E-state index is 12.3. The second kappa shape index (κ2) is 12.2. The highest BCUT2D eigenvalue weighted by Gasteiger charge is 2.21. The van der Waals surface area contributed by atoms with Gasteiger partial charge in [-0.15, -0.1) is 0 Å². The first-order valence-electron chi connectivity index (χ1n) is 11.5. The lowest BCUT2D eigenvalue weighted by molar-refractivity contribution is -0.123. The molecule has 0 saturated carbocycles. The number of halogens is 2. The number of benzene rings is 2. The van der Waals surface area contributed by atoms with Crippen LogP contribution in [0, 0.1) is 5.92 Å². The molecule has 1 atom stereocenters. The summed E-state index contributed by atoms with van der Waals surface area (Å²) >= 11 is 12.5. The number of nitrogens with one attached hydrogen (secondary N) is 1. The van der Waals surface area contributed by atoms with Gasteiger partial charge in [-0.3, -0.25) is 9.69 Å². The quantitative estimate of drug-likeness (QED) is 0.439.